The first kappa shape index (κ1) is 14.2. The number of nitrogens with one attached hydrogen (secondary N) is 1. The zero-order valence-electron chi connectivity index (χ0n) is 13.4. The summed E-state index contributed by atoms with van der Waals surface area (Å²) in [6.07, 6.45) is 4.75. The van der Waals surface area contributed by atoms with Crippen LogP contribution in [0.2, 0.25) is 0 Å². The number of benzene rings is 1. The van der Waals surface area contributed by atoms with Crippen LogP contribution in [-0.4, -0.2) is 26.9 Å². The van der Waals surface area contributed by atoms with Crippen LogP contribution >= 0.6 is 0 Å². The van der Waals surface area contributed by atoms with E-state index in [1.165, 1.54) is 0 Å². The van der Waals surface area contributed by atoms with Crippen LogP contribution < -0.4 is 5.32 Å². The first-order valence-electron chi connectivity index (χ1n) is 8.10. The van der Waals surface area contributed by atoms with Gasteiger partial charge in [-0.05, 0) is 44.4 Å². The molecule has 1 aromatic heterocycles. The summed E-state index contributed by atoms with van der Waals surface area (Å²) in [7, 11) is 0. The fourth-order valence-corrected chi connectivity index (χ4v) is 3.80. The average molecular weight is 308 g/mol. The van der Waals surface area contributed by atoms with E-state index in [9.17, 15) is 4.79 Å². The van der Waals surface area contributed by atoms with Gasteiger partial charge in [-0.15, -0.1) is 0 Å². The van der Waals surface area contributed by atoms with Gasteiger partial charge in [-0.3, -0.25) is 0 Å². The van der Waals surface area contributed by atoms with Gasteiger partial charge in [0, 0.05) is 29.9 Å². The molecule has 1 fully saturated rings. The van der Waals surface area contributed by atoms with Gasteiger partial charge in [-0.1, -0.05) is 12.1 Å². The summed E-state index contributed by atoms with van der Waals surface area (Å²) in [6.45, 7) is 3.94. The standard InChI is InChI=1S/C18H20N4O/c1-11-4-3-5-13(8-11)21-18(23)22-14-6-7-17(22)15-10-19-12(2)20-16(15)9-14/h3-5,8,10,14,17H,6-7,9H2,1-2H3,(H,21,23). The summed E-state index contributed by atoms with van der Waals surface area (Å²) < 4.78 is 0. The lowest BCUT2D eigenvalue weighted by atomic mass is 9.99. The predicted molar refractivity (Wildman–Crippen MR) is 88.3 cm³/mol. The second kappa shape index (κ2) is 5.33. The van der Waals surface area contributed by atoms with Crippen LogP contribution in [-0.2, 0) is 6.42 Å². The van der Waals surface area contributed by atoms with Crippen molar-refractivity contribution >= 4 is 11.7 Å². The van der Waals surface area contributed by atoms with E-state index in [1.54, 1.807) is 0 Å². The third kappa shape index (κ3) is 2.46. The lowest BCUT2D eigenvalue weighted by molar-refractivity contribution is 0.178. The summed E-state index contributed by atoms with van der Waals surface area (Å²) in [6, 6.07) is 8.23. The van der Waals surface area contributed by atoms with Gasteiger partial charge in [0.25, 0.3) is 0 Å². The summed E-state index contributed by atoms with van der Waals surface area (Å²) in [4.78, 5) is 23.7. The number of rotatable bonds is 1. The van der Waals surface area contributed by atoms with Crippen molar-refractivity contribution in [3.63, 3.8) is 0 Å². The zero-order chi connectivity index (χ0) is 16.0. The van der Waals surface area contributed by atoms with E-state index in [1.807, 2.05) is 49.2 Å². The van der Waals surface area contributed by atoms with E-state index >= 15 is 0 Å². The minimum Gasteiger partial charge on any atom is -0.314 e. The molecule has 118 valence electrons. The lowest BCUT2D eigenvalue weighted by Gasteiger charge is -2.35. The van der Waals surface area contributed by atoms with Crippen molar-refractivity contribution in [3.8, 4) is 0 Å². The molecular formula is C18H20N4O. The molecule has 0 aliphatic carbocycles. The van der Waals surface area contributed by atoms with E-state index in [4.69, 9.17) is 0 Å². The van der Waals surface area contributed by atoms with Crippen molar-refractivity contribution in [2.45, 2.75) is 45.2 Å². The Bertz CT molecular complexity index is 773. The maximum absolute atomic E-state index is 12.8. The SMILES string of the molecule is Cc1cccc(NC(=O)N2C3CCC2c2cnc(C)nc2C3)c1. The summed E-state index contributed by atoms with van der Waals surface area (Å²) >= 11 is 0. The van der Waals surface area contributed by atoms with Crippen LogP contribution in [0.5, 0.6) is 0 Å². The Morgan fingerprint density at radius 1 is 1.30 bits per heavy atom. The smallest absolute Gasteiger partial charge is 0.314 e. The van der Waals surface area contributed by atoms with Crippen LogP contribution in [0.3, 0.4) is 0 Å². The fraction of sp³-hybridized carbons (Fsp3) is 0.389. The first-order chi connectivity index (χ1) is 11.1. The van der Waals surface area contributed by atoms with Crippen molar-refractivity contribution in [1.29, 1.82) is 0 Å². The number of hydrogen-bond acceptors (Lipinski definition) is 3. The molecule has 5 heteroatoms. The van der Waals surface area contributed by atoms with Gasteiger partial charge >= 0.3 is 6.03 Å². The van der Waals surface area contributed by atoms with Crippen molar-refractivity contribution in [2.24, 2.45) is 0 Å². The van der Waals surface area contributed by atoms with Crippen LogP contribution in [0.4, 0.5) is 10.5 Å². The molecule has 0 saturated carbocycles. The minimum absolute atomic E-state index is 0.0191. The van der Waals surface area contributed by atoms with Crippen LogP contribution in [0, 0.1) is 13.8 Å². The van der Waals surface area contributed by atoms with Gasteiger partial charge < -0.3 is 10.2 Å². The third-order valence-corrected chi connectivity index (χ3v) is 4.81. The monoisotopic (exact) mass is 308 g/mol. The van der Waals surface area contributed by atoms with E-state index in [0.717, 1.165) is 47.6 Å². The lowest BCUT2D eigenvalue weighted by Crippen LogP contribution is -2.44. The quantitative estimate of drug-likeness (QED) is 0.878. The van der Waals surface area contributed by atoms with Crippen LogP contribution in [0.1, 0.15) is 41.5 Å². The molecular weight excluding hydrogens is 288 g/mol. The zero-order valence-corrected chi connectivity index (χ0v) is 13.4. The number of urea groups is 1. The molecule has 1 aromatic carbocycles. The molecule has 2 aliphatic rings. The highest BCUT2D eigenvalue weighted by molar-refractivity contribution is 5.90. The normalized spacial score (nSPS) is 21.9. The van der Waals surface area contributed by atoms with Gasteiger partial charge in [0.2, 0.25) is 0 Å². The van der Waals surface area contributed by atoms with E-state index < -0.39 is 0 Å². The Hall–Kier alpha value is -2.43. The molecule has 0 spiro atoms. The van der Waals surface area contributed by atoms with Gasteiger partial charge in [-0.2, -0.15) is 0 Å². The molecule has 1 N–H and O–H groups in total. The fourth-order valence-electron chi connectivity index (χ4n) is 3.80. The van der Waals surface area contributed by atoms with Crippen molar-refractivity contribution in [2.75, 3.05) is 5.32 Å². The molecule has 2 atom stereocenters. The maximum Gasteiger partial charge on any atom is 0.322 e. The second-order valence-electron chi connectivity index (χ2n) is 6.48. The van der Waals surface area contributed by atoms with Gasteiger partial charge in [0.15, 0.2) is 0 Å². The van der Waals surface area contributed by atoms with E-state index in [2.05, 4.69) is 15.3 Å². The number of aryl methyl sites for hydroxylation is 2. The first-order valence-corrected chi connectivity index (χ1v) is 8.10. The molecule has 1 saturated heterocycles. The van der Waals surface area contributed by atoms with Gasteiger partial charge in [-0.25, -0.2) is 14.8 Å². The van der Waals surface area contributed by atoms with Crippen LogP contribution in [0.25, 0.3) is 0 Å². The molecule has 2 aliphatic heterocycles. The maximum atomic E-state index is 12.8. The number of carbonyl (C=O) groups is 1. The highest BCUT2D eigenvalue weighted by Gasteiger charge is 2.43. The molecule has 2 bridgehead atoms. The Labute approximate surface area is 135 Å². The molecule has 3 heterocycles. The van der Waals surface area contributed by atoms with Crippen LogP contribution in [0.15, 0.2) is 30.5 Å². The van der Waals surface area contributed by atoms with Gasteiger partial charge in [0.05, 0.1) is 11.7 Å². The number of anilines is 1. The number of nitrogens with zero attached hydrogens (tertiary/aromatic N) is 3. The number of carbonyl (C=O) groups excluding carboxylic acids is 1. The summed E-state index contributed by atoms with van der Waals surface area (Å²) in [5, 5.41) is 3.04. The van der Waals surface area contributed by atoms with Crippen molar-refractivity contribution < 1.29 is 4.79 Å². The van der Waals surface area contributed by atoms with Gasteiger partial charge in [0.1, 0.15) is 5.82 Å². The highest BCUT2D eigenvalue weighted by Crippen LogP contribution is 2.43. The molecule has 4 rings (SSSR count). The van der Waals surface area contributed by atoms with E-state index in [0.29, 0.717) is 0 Å². The predicted octanol–water partition coefficient (Wildman–Crippen LogP) is 3.39. The molecule has 0 radical (unpaired) electrons. The number of hydrogen-bond donors (Lipinski definition) is 1. The molecule has 23 heavy (non-hydrogen) atoms. The Morgan fingerprint density at radius 2 is 2.17 bits per heavy atom. The number of amides is 2. The highest BCUT2D eigenvalue weighted by atomic mass is 16.2. The third-order valence-electron chi connectivity index (χ3n) is 4.81. The largest absolute Gasteiger partial charge is 0.322 e. The van der Waals surface area contributed by atoms with Crippen molar-refractivity contribution in [1.82, 2.24) is 14.9 Å². The number of fused-ring (bicyclic) bond motifs is 4. The Morgan fingerprint density at radius 3 is 3.00 bits per heavy atom. The number of aromatic nitrogens is 2. The summed E-state index contributed by atoms with van der Waals surface area (Å²) in [5.41, 5.74) is 4.22. The minimum atomic E-state index is -0.0191. The van der Waals surface area contributed by atoms with Crippen molar-refractivity contribution in [3.05, 3.63) is 53.1 Å². The Kier molecular flexibility index (Phi) is 3.29. The average Bonchev–Trinajstić information content (AvgIpc) is 2.83. The summed E-state index contributed by atoms with van der Waals surface area (Å²) in [5.74, 6) is 0.806. The molecule has 5 nitrogen and oxygen atoms in total. The Balaban J connectivity index is 1.60. The second-order valence-corrected chi connectivity index (χ2v) is 6.48. The topological polar surface area (TPSA) is 58.1 Å². The molecule has 2 aromatic rings. The molecule has 2 unspecified atom stereocenters. The van der Waals surface area contributed by atoms with E-state index in [-0.39, 0.29) is 18.1 Å². The molecule has 2 amide bonds.